The van der Waals surface area contributed by atoms with Gasteiger partial charge < -0.3 is 20.7 Å². The van der Waals surface area contributed by atoms with Gasteiger partial charge in [-0.15, -0.1) is 11.6 Å². The number of ether oxygens (including phenoxy) is 1. The summed E-state index contributed by atoms with van der Waals surface area (Å²) in [5.41, 5.74) is 1.17. The molecule has 6 aliphatic carbocycles. The Morgan fingerprint density at radius 2 is 1.89 bits per heavy atom. The summed E-state index contributed by atoms with van der Waals surface area (Å²) in [6, 6.07) is 6.51. The molecule has 3 amide bonds. The van der Waals surface area contributed by atoms with Crippen LogP contribution in [0.1, 0.15) is 26.5 Å². The Labute approximate surface area is 219 Å². The number of hydrogen-bond acceptors (Lipinski definition) is 6. The van der Waals surface area contributed by atoms with Crippen molar-refractivity contribution in [1.29, 1.82) is 0 Å². The van der Waals surface area contributed by atoms with Gasteiger partial charge in [-0.2, -0.15) is 5.10 Å². The second kappa shape index (κ2) is 6.45. The quantitative estimate of drug-likeness (QED) is 0.412. The molecule has 0 saturated heterocycles. The number of aromatic nitrogens is 3. The second-order valence-electron chi connectivity index (χ2n) is 11.4. The summed E-state index contributed by atoms with van der Waals surface area (Å²) in [6.07, 6.45) is 0.975. The van der Waals surface area contributed by atoms with E-state index in [1.807, 2.05) is 0 Å². The van der Waals surface area contributed by atoms with E-state index in [1.165, 1.54) is 6.07 Å². The van der Waals surface area contributed by atoms with E-state index in [9.17, 15) is 18.8 Å². The lowest BCUT2D eigenvalue weighted by Gasteiger charge is -3.10. The van der Waals surface area contributed by atoms with Crippen LogP contribution in [0.25, 0.3) is 5.65 Å². The van der Waals surface area contributed by atoms with E-state index in [1.54, 1.807) is 18.2 Å². The minimum absolute atomic E-state index is 0.0448. The molecular formula is C26H20ClFN6O4. The maximum absolute atomic E-state index is 14.5. The lowest BCUT2D eigenvalue weighted by Crippen LogP contribution is -3.12. The van der Waals surface area contributed by atoms with Crippen LogP contribution >= 0.6 is 11.6 Å². The summed E-state index contributed by atoms with van der Waals surface area (Å²) in [7, 11) is 0. The fraction of sp³-hybridized carbons (Fsp3) is 0.423. The smallest absolute Gasteiger partial charge is 0.270 e. The molecule has 38 heavy (non-hydrogen) atoms. The third-order valence-corrected chi connectivity index (χ3v) is 11.1. The molecule has 3 aromatic rings. The highest BCUT2D eigenvalue weighted by Crippen LogP contribution is 3.08. The summed E-state index contributed by atoms with van der Waals surface area (Å²) < 4.78 is 20.9. The molecule has 10 rings (SSSR count). The summed E-state index contributed by atoms with van der Waals surface area (Å²) >= 11 is 6.72. The topological polar surface area (TPSA) is 127 Å². The minimum atomic E-state index is -0.729. The molecule has 1 aliphatic heterocycles. The van der Waals surface area contributed by atoms with Gasteiger partial charge in [-0.1, -0.05) is 6.07 Å². The molecule has 0 bridgehead atoms. The van der Waals surface area contributed by atoms with Crippen LogP contribution in [0.5, 0.6) is 5.75 Å². The first kappa shape index (κ1) is 21.2. The van der Waals surface area contributed by atoms with Crippen molar-refractivity contribution in [2.24, 2.45) is 40.9 Å². The van der Waals surface area contributed by atoms with Gasteiger partial charge in [0.15, 0.2) is 18.1 Å². The van der Waals surface area contributed by atoms with Crippen molar-refractivity contribution in [3.8, 4) is 5.75 Å². The van der Waals surface area contributed by atoms with E-state index in [2.05, 4.69) is 26.0 Å². The number of nitrogens with zero attached hydrogens (tertiary/aromatic N) is 3. The highest BCUT2D eigenvalue weighted by molar-refractivity contribution is 6.28. The number of rotatable bonds is 6. The van der Waals surface area contributed by atoms with Crippen molar-refractivity contribution in [2.75, 3.05) is 18.5 Å². The summed E-state index contributed by atoms with van der Waals surface area (Å²) in [6.45, 7) is 0.642. The molecule has 0 atom stereocenters. The predicted octanol–water partition coefficient (Wildman–Crippen LogP) is 1.59. The molecule has 192 valence electrons. The van der Waals surface area contributed by atoms with Gasteiger partial charge in [0.2, 0.25) is 0 Å². The van der Waals surface area contributed by atoms with E-state index in [0.29, 0.717) is 59.1 Å². The molecule has 10 nitrogen and oxygen atoms in total. The van der Waals surface area contributed by atoms with Gasteiger partial charge in [0.1, 0.15) is 17.1 Å². The van der Waals surface area contributed by atoms with Gasteiger partial charge in [-0.3, -0.25) is 14.4 Å². The maximum Gasteiger partial charge on any atom is 0.270 e. The number of fused-ring (bicyclic) bond motifs is 2. The molecule has 6 fully saturated rings. The normalized spacial score (nSPS) is 37.2. The van der Waals surface area contributed by atoms with Crippen LogP contribution < -0.4 is 20.7 Å². The van der Waals surface area contributed by atoms with Crippen LogP contribution in [-0.4, -0.2) is 50.3 Å². The number of halogens is 2. The van der Waals surface area contributed by atoms with Crippen LogP contribution in [0.3, 0.4) is 0 Å². The third kappa shape index (κ3) is 2.11. The Morgan fingerprint density at radius 3 is 2.66 bits per heavy atom. The van der Waals surface area contributed by atoms with E-state index in [0.717, 1.165) is 10.7 Å². The average molecular weight is 535 g/mol. The fourth-order valence-corrected chi connectivity index (χ4v) is 9.84. The standard InChI is InChI=1S/C26H20ClFN6O4/c27-26-19-16-20(26)18-21(26)17(19)25(16,18)8-30-24(37)13-4-12(33-22-10(28)6-31-34(13)22)23(36)29-5-9-1-2-14-11(3-9)32-15(35)7-38-14/h1-4,6,16-21H,5,7-8H2,(H,29,36)(H,30,37)(H,32,35). The van der Waals surface area contributed by atoms with E-state index in [4.69, 9.17) is 16.3 Å². The zero-order chi connectivity index (χ0) is 25.7. The number of benzene rings is 1. The Hall–Kier alpha value is -3.73. The number of anilines is 1. The molecule has 3 N–H and O–H groups in total. The highest BCUT2D eigenvalue weighted by Gasteiger charge is 3.09. The van der Waals surface area contributed by atoms with Gasteiger partial charge in [0.25, 0.3) is 17.7 Å². The van der Waals surface area contributed by atoms with E-state index < -0.39 is 17.6 Å². The van der Waals surface area contributed by atoms with Gasteiger partial charge in [0, 0.05) is 19.2 Å². The Balaban J connectivity index is 0.935. The molecule has 1 aromatic carbocycles. The zero-order valence-electron chi connectivity index (χ0n) is 19.7. The monoisotopic (exact) mass is 534 g/mol. The molecule has 7 aliphatic rings. The number of alkyl halides is 1. The first-order valence-electron chi connectivity index (χ1n) is 12.7. The first-order chi connectivity index (χ1) is 18.3. The number of hydrogen-bond donors (Lipinski definition) is 3. The van der Waals surface area contributed by atoms with Gasteiger partial charge in [-0.05, 0) is 58.6 Å². The Bertz CT molecular complexity index is 1620. The SMILES string of the molecule is O=C1COc2ccc(CNC(=O)c3cc(C(=O)NCC45C6C7C4C4C5C6C74Cl)n4ncc(F)c4n3)cc2N1. The van der Waals surface area contributed by atoms with Crippen molar-refractivity contribution in [3.63, 3.8) is 0 Å². The number of nitrogens with one attached hydrogen (secondary N) is 3. The van der Waals surface area contributed by atoms with Crippen LogP contribution in [0.4, 0.5) is 10.1 Å². The van der Waals surface area contributed by atoms with Crippen molar-refractivity contribution < 1.29 is 23.5 Å². The van der Waals surface area contributed by atoms with Crippen molar-refractivity contribution in [3.05, 3.63) is 53.2 Å². The minimum Gasteiger partial charge on any atom is -0.482 e. The van der Waals surface area contributed by atoms with Crippen LogP contribution in [-0.2, 0) is 11.3 Å². The second-order valence-corrected chi connectivity index (χ2v) is 12.0. The predicted molar refractivity (Wildman–Crippen MR) is 129 cm³/mol. The van der Waals surface area contributed by atoms with E-state index >= 15 is 0 Å². The van der Waals surface area contributed by atoms with Crippen molar-refractivity contribution in [2.45, 2.75) is 11.4 Å². The molecule has 0 radical (unpaired) electrons. The van der Waals surface area contributed by atoms with Crippen molar-refractivity contribution in [1.82, 2.24) is 25.2 Å². The third-order valence-electron chi connectivity index (χ3n) is 10.3. The van der Waals surface area contributed by atoms with Gasteiger partial charge in [-0.25, -0.2) is 13.9 Å². The average Bonchev–Trinajstić information content (AvgIpc) is 3.31. The summed E-state index contributed by atoms with van der Waals surface area (Å²) in [4.78, 5) is 42.0. The van der Waals surface area contributed by atoms with Crippen molar-refractivity contribution >= 4 is 40.7 Å². The van der Waals surface area contributed by atoms with Crippen LogP contribution in [0.15, 0.2) is 30.5 Å². The molecule has 3 heterocycles. The fourth-order valence-electron chi connectivity index (χ4n) is 9.02. The van der Waals surface area contributed by atoms with Gasteiger partial charge in [0.05, 0.1) is 16.8 Å². The van der Waals surface area contributed by atoms with Crippen LogP contribution in [0.2, 0.25) is 0 Å². The van der Waals surface area contributed by atoms with Crippen LogP contribution in [0, 0.1) is 46.7 Å². The highest BCUT2D eigenvalue weighted by atomic mass is 35.5. The summed E-state index contributed by atoms with van der Waals surface area (Å²) in [5.74, 6) is 2.34. The number of carbonyl (C=O) groups excluding carboxylic acids is 3. The molecule has 6 saturated carbocycles. The Kier molecular flexibility index (Phi) is 3.61. The largest absolute Gasteiger partial charge is 0.482 e. The maximum atomic E-state index is 14.5. The molecule has 2 aromatic heterocycles. The Morgan fingerprint density at radius 1 is 1.13 bits per heavy atom. The zero-order valence-corrected chi connectivity index (χ0v) is 20.5. The molecule has 0 unspecified atom stereocenters. The summed E-state index contributed by atoms with van der Waals surface area (Å²) in [5, 5.41) is 12.5. The lowest BCUT2D eigenvalue weighted by atomic mass is 8.96. The van der Waals surface area contributed by atoms with Gasteiger partial charge >= 0.3 is 0 Å². The molecule has 12 heteroatoms. The molecular weight excluding hydrogens is 515 g/mol. The number of carbonyl (C=O) groups is 3. The van der Waals surface area contributed by atoms with E-state index in [-0.39, 0.29) is 46.4 Å². The number of amides is 3. The lowest BCUT2D eigenvalue weighted by molar-refractivity contribution is -0.596. The first-order valence-corrected chi connectivity index (χ1v) is 13.1. The molecule has 0 spiro atoms.